The van der Waals surface area contributed by atoms with Gasteiger partial charge in [0.2, 0.25) is 5.91 Å². The minimum atomic E-state index is -0.715. The highest BCUT2D eigenvalue weighted by Gasteiger charge is 2.27. The van der Waals surface area contributed by atoms with Gasteiger partial charge in [-0.05, 0) is 49.2 Å². The van der Waals surface area contributed by atoms with E-state index in [1.807, 2.05) is 36.4 Å². The summed E-state index contributed by atoms with van der Waals surface area (Å²) < 4.78 is 0.749. The van der Waals surface area contributed by atoms with Crippen molar-refractivity contribution in [2.45, 2.75) is 31.8 Å². The van der Waals surface area contributed by atoms with Gasteiger partial charge in [0.25, 0.3) is 0 Å². The SMILES string of the molecule is O=C(C1CCCCN1)N(Cc1cc(Br)cc2[nH]c(=O)c(=O)[nH]c12)c1ccccc1. The molecule has 3 aromatic rings. The molecule has 7 nitrogen and oxygen atoms in total. The molecule has 1 aliphatic rings. The number of fused-ring (bicyclic) bond motifs is 1. The van der Waals surface area contributed by atoms with Crippen molar-refractivity contribution in [3.63, 3.8) is 0 Å². The first kappa shape index (κ1) is 19.6. The Morgan fingerprint density at radius 3 is 2.55 bits per heavy atom. The minimum Gasteiger partial charge on any atom is -0.316 e. The maximum atomic E-state index is 13.4. The number of amides is 1. The van der Waals surface area contributed by atoms with E-state index in [0.29, 0.717) is 11.0 Å². The van der Waals surface area contributed by atoms with Crippen LogP contribution in [0.3, 0.4) is 0 Å². The summed E-state index contributed by atoms with van der Waals surface area (Å²) in [6, 6.07) is 12.8. The number of rotatable bonds is 4. The molecule has 0 spiro atoms. The Hall–Kier alpha value is -2.71. The van der Waals surface area contributed by atoms with Gasteiger partial charge in [-0.3, -0.25) is 14.4 Å². The summed E-state index contributed by atoms with van der Waals surface area (Å²) in [6.45, 7) is 1.09. The fraction of sp³-hybridized carbons (Fsp3) is 0.286. The smallest absolute Gasteiger partial charge is 0.314 e. The van der Waals surface area contributed by atoms with Crippen LogP contribution >= 0.6 is 15.9 Å². The highest BCUT2D eigenvalue weighted by molar-refractivity contribution is 9.10. The van der Waals surface area contributed by atoms with E-state index < -0.39 is 11.1 Å². The van der Waals surface area contributed by atoms with Crippen LogP contribution in [0.15, 0.2) is 56.5 Å². The van der Waals surface area contributed by atoms with Gasteiger partial charge in [0.15, 0.2) is 0 Å². The number of hydrogen-bond donors (Lipinski definition) is 3. The number of aromatic nitrogens is 2. The number of nitrogens with one attached hydrogen (secondary N) is 3. The first-order chi connectivity index (χ1) is 14.0. The van der Waals surface area contributed by atoms with E-state index in [-0.39, 0.29) is 18.5 Å². The first-order valence-corrected chi connectivity index (χ1v) is 10.4. The standard InChI is InChI=1S/C21H21BrN4O3/c22-14-10-13(18-17(11-14)24-19(27)20(28)25-18)12-26(15-6-2-1-3-7-15)21(29)16-8-4-5-9-23-16/h1-3,6-7,10-11,16,23H,4-5,8-9,12H2,(H,24,27)(H,25,28). The number of hydrogen-bond acceptors (Lipinski definition) is 4. The number of anilines is 1. The van der Waals surface area contributed by atoms with E-state index >= 15 is 0 Å². The molecule has 1 amide bonds. The maximum absolute atomic E-state index is 13.4. The summed E-state index contributed by atoms with van der Waals surface area (Å²) >= 11 is 3.46. The Morgan fingerprint density at radius 2 is 1.83 bits per heavy atom. The Bertz CT molecular complexity index is 1150. The van der Waals surface area contributed by atoms with Crippen molar-refractivity contribution in [1.29, 1.82) is 0 Å². The molecule has 2 aromatic carbocycles. The van der Waals surface area contributed by atoms with Gasteiger partial charge in [0, 0.05) is 10.2 Å². The van der Waals surface area contributed by atoms with Crippen LogP contribution in [0, 0.1) is 0 Å². The monoisotopic (exact) mass is 456 g/mol. The van der Waals surface area contributed by atoms with Crippen LogP contribution in [0.4, 0.5) is 5.69 Å². The van der Waals surface area contributed by atoms with Crippen molar-refractivity contribution >= 4 is 38.6 Å². The number of piperidine rings is 1. The third-order valence-electron chi connectivity index (χ3n) is 5.15. The van der Waals surface area contributed by atoms with E-state index in [9.17, 15) is 14.4 Å². The Balaban J connectivity index is 1.78. The summed E-state index contributed by atoms with van der Waals surface area (Å²) in [5, 5.41) is 3.31. The maximum Gasteiger partial charge on any atom is 0.314 e. The predicted octanol–water partition coefficient (Wildman–Crippen LogP) is 2.65. The average molecular weight is 457 g/mol. The highest BCUT2D eigenvalue weighted by atomic mass is 79.9. The number of benzene rings is 2. The molecule has 1 saturated heterocycles. The molecule has 1 unspecified atom stereocenters. The predicted molar refractivity (Wildman–Crippen MR) is 116 cm³/mol. The molecule has 0 radical (unpaired) electrons. The van der Waals surface area contributed by atoms with Gasteiger partial charge in [-0.15, -0.1) is 0 Å². The van der Waals surface area contributed by atoms with E-state index in [1.54, 1.807) is 11.0 Å². The van der Waals surface area contributed by atoms with E-state index in [1.165, 1.54) is 0 Å². The normalized spacial score (nSPS) is 16.7. The first-order valence-electron chi connectivity index (χ1n) is 9.57. The summed E-state index contributed by atoms with van der Waals surface area (Å²) in [4.78, 5) is 44.0. The third kappa shape index (κ3) is 4.18. The van der Waals surface area contributed by atoms with Gasteiger partial charge in [0.1, 0.15) is 0 Å². The van der Waals surface area contributed by atoms with E-state index in [0.717, 1.165) is 41.5 Å². The molecule has 0 aliphatic carbocycles. The van der Waals surface area contributed by atoms with E-state index in [4.69, 9.17) is 0 Å². The van der Waals surface area contributed by atoms with Crippen molar-refractivity contribution in [2.24, 2.45) is 0 Å². The molecule has 4 rings (SSSR count). The Labute approximate surface area is 175 Å². The summed E-state index contributed by atoms with van der Waals surface area (Å²) in [5.41, 5.74) is 1.12. The second-order valence-electron chi connectivity index (χ2n) is 7.16. The lowest BCUT2D eigenvalue weighted by Gasteiger charge is -2.30. The molecule has 3 N–H and O–H groups in total. The van der Waals surface area contributed by atoms with Crippen molar-refractivity contribution in [3.8, 4) is 0 Å². The lowest BCUT2D eigenvalue weighted by molar-refractivity contribution is -0.121. The topological polar surface area (TPSA) is 98.1 Å². The zero-order valence-corrected chi connectivity index (χ0v) is 17.3. The third-order valence-corrected chi connectivity index (χ3v) is 5.61. The van der Waals surface area contributed by atoms with Crippen molar-refractivity contribution < 1.29 is 4.79 Å². The highest BCUT2D eigenvalue weighted by Crippen LogP contribution is 2.25. The van der Waals surface area contributed by atoms with Crippen LogP contribution in [0.5, 0.6) is 0 Å². The second kappa shape index (κ2) is 8.34. The molecule has 1 aromatic heterocycles. The Morgan fingerprint density at radius 1 is 1.07 bits per heavy atom. The molecule has 29 heavy (non-hydrogen) atoms. The number of nitrogens with zero attached hydrogens (tertiary/aromatic N) is 1. The van der Waals surface area contributed by atoms with Gasteiger partial charge in [0.05, 0.1) is 23.6 Å². The Kier molecular flexibility index (Phi) is 5.64. The second-order valence-corrected chi connectivity index (χ2v) is 8.07. The number of aromatic amines is 2. The lowest BCUT2D eigenvalue weighted by atomic mass is 10.0. The van der Waals surface area contributed by atoms with Gasteiger partial charge in [-0.25, -0.2) is 0 Å². The van der Waals surface area contributed by atoms with Crippen LogP contribution in [-0.4, -0.2) is 28.5 Å². The van der Waals surface area contributed by atoms with Crippen LogP contribution in [0.2, 0.25) is 0 Å². The van der Waals surface area contributed by atoms with Gasteiger partial charge >= 0.3 is 11.1 Å². The molecule has 0 bridgehead atoms. The van der Waals surface area contributed by atoms with E-state index in [2.05, 4.69) is 31.2 Å². The average Bonchev–Trinajstić information content (AvgIpc) is 2.74. The number of carbonyl (C=O) groups excluding carboxylic acids is 1. The van der Waals surface area contributed by atoms with Gasteiger partial charge < -0.3 is 20.2 Å². The quantitative estimate of drug-likeness (QED) is 0.525. The fourth-order valence-corrected chi connectivity index (χ4v) is 4.21. The van der Waals surface area contributed by atoms with Gasteiger partial charge in [-0.1, -0.05) is 40.5 Å². The molecule has 8 heteroatoms. The number of carbonyl (C=O) groups is 1. The van der Waals surface area contributed by atoms with Crippen LogP contribution in [0.25, 0.3) is 11.0 Å². The fourth-order valence-electron chi connectivity index (χ4n) is 3.71. The molecule has 2 heterocycles. The van der Waals surface area contributed by atoms with Crippen molar-refractivity contribution in [3.05, 3.63) is 73.2 Å². The number of halogens is 1. The lowest BCUT2D eigenvalue weighted by Crippen LogP contribution is -2.48. The summed E-state index contributed by atoms with van der Waals surface area (Å²) in [6.07, 6.45) is 2.88. The molecule has 0 saturated carbocycles. The summed E-state index contributed by atoms with van der Waals surface area (Å²) in [7, 11) is 0. The molecular formula is C21H21BrN4O3. The molecule has 1 fully saturated rings. The molecule has 1 aliphatic heterocycles. The van der Waals surface area contributed by atoms with Crippen LogP contribution in [-0.2, 0) is 11.3 Å². The summed E-state index contributed by atoms with van der Waals surface area (Å²) in [5.74, 6) is -0.00389. The zero-order chi connectivity index (χ0) is 20.4. The van der Waals surface area contributed by atoms with Gasteiger partial charge in [-0.2, -0.15) is 0 Å². The van der Waals surface area contributed by atoms with Crippen molar-refractivity contribution in [1.82, 2.24) is 15.3 Å². The molecule has 1 atom stereocenters. The minimum absolute atomic E-state index is 0.00389. The zero-order valence-electron chi connectivity index (χ0n) is 15.7. The largest absolute Gasteiger partial charge is 0.316 e. The molecule has 150 valence electrons. The number of H-pyrrole nitrogens is 2. The molecular weight excluding hydrogens is 436 g/mol. The van der Waals surface area contributed by atoms with Crippen molar-refractivity contribution in [2.75, 3.05) is 11.4 Å². The van der Waals surface area contributed by atoms with Crippen LogP contribution in [0.1, 0.15) is 24.8 Å². The number of para-hydroxylation sites is 1. The van der Waals surface area contributed by atoms with Crippen LogP contribution < -0.4 is 21.3 Å².